The number of nitrogens with zero attached hydrogens (tertiary/aromatic N) is 3. The van der Waals surface area contributed by atoms with Crippen LogP contribution in [0.2, 0.25) is 0 Å². The van der Waals surface area contributed by atoms with E-state index >= 15 is 4.39 Å². The summed E-state index contributed by atoms with van der Waals surface area (Å²) in [6.45, 7) is 5.79. The lowest BCUT2D eigenvalue weighted by atomic mass is 10.1. The Labute approximate surface area is 251 Å². The summed E-state index contributed by atoms with van der Waals surface area (Å²) in [6.07, 6.45) is 2.46. The molecule has 1 aliphatic heterocycles. The Hall–Kier alpha value is -4.00. The number of halogens is 2. The van der Waals surface area contributed by atoms with E-state index < -0.39 is 22.6 Å². The summed E-state index contributed by atoms with van der Waals surface area (Å²) < 4.78 is 66.7. The Morgan fingerprint density at radius 3 is 2.40 bits per heavy atom. The van der Waals surface area contributed by atoms with Crippen LogP contribution >= 0.6 is 0 Å². The van der Waals surface area contributed by atoms with Gasteiger partial charge in [-0.3, -0.25) is 4.98 Å². The zero-order valence-electron chi connectivity index (χ0n) is 24.3. The number of fused-ring (bicyclic) bond motifs is 1. The zero-order valence-corrected chi connectivity index (χ0v) is 25.1. The van der Waals surface area contributed by atoms with Crippen molar-refractivity contribution >= 4 is 27.6 Å². The van der Waals surface area contributed by atoms with Crippen LogP contribution in [-0.4, -0.2) is 79.6 Å². The Kier molecular flexibility index (Phi) is 9.90. The van der Waals surface area contributed by atoms with E-state index in [2.05, 4.69) is 26.6 Å². The van der Waals surface area contributed by atoms with Gasteiger partial charge in [0.25, 0.3) is 0 Å². The van der Waals surface area contributed by atoms with Crippen LogP contribution in [0, 0.1) is 11.6 Å². The molecule has 0 spiro atoms. The number of benzene rings is 3. The third-order valence-corrected chi connectivity index (χ3v) is 8.26. The molecule has 12 heteroatoms. The number of aromatic nitrogens is 1. The van der Waals surface area contributed by atoms with Gasteiger partial charge in [-0.2, -0.15) is 0 Å². The van der Waals surface area contributed by atoms with E-state index in [0.717, 1.165) is 45.2 Å². The second-order valence-corrected chi connectivity index (χ2v) is 11.3. The minimum absolute atomic E-state index is 0.0320. The van der Waals surface area contributed by atoms with Gasteiger partial charge in [-0.05, 0) is 49.9 Å². The molecule has 1 unspecified atom stereocenters. The van der Waals surface area contributed by atoms with E-state index in [0.29, 0.717) is 34.8 Å². The lowest BCUT2D eigenvalue weighted by molar-refractivity contribution is 0.145. The van der Waals surface area contributed by atoms with Gasteiger partial charge in [-0.15, -0.1) is 0 Å². The molecule has 1 N–H and O–H groups in total. The van der Waals surface area contributed by atoms with Crippen molar-refractivity contribution in [2.45, 2.75) is 11.3 Å². The van der Waals surface area contributed by atoms with Gasteiger partial charge in [-0.1, -0.05) is 0 Å². The summed E-state index contributed by atoms with van der Waals surface area (Å²) in [7, 11) is 3.24. The average molecular weight is 613 g/mol. The van der Waals surface area contributed by atoms with E-state index in [9.17, 15) is 8.60 Å². The van der Waals surface area contributed by atoms with Gasteiger partial charge in [0.1, 0.15) is 16.7 Å². The van der Waals surface area contributed by atoms with Gasteiger partial charge in [-0.25, -0.2) is 13.0 Å². The first-order valence-corrected chi connectivity index (χ1v) is 15.0. The standard InChI is InChI=1S/C31H34F2N4O5S/c1-36-12-14-37(15-13-36)11-4-16-41-31-20-26-23(19-30(31)40-3)27(9-10-34-26)42-28-8-5-21(17-25(28)33)35-43(38)22-6-7-24(32)29(18-22)39-2/h5-10,17-20,35H,4,11-16H2,1-3H3. The second kappa shape index (κ2) is 14.0. The molecule has 1 fully saturated rings. The van der Waals surface area contributed by atoms with Gasteiger partial charge in [0, 0.05) is 68.2 Å². The molecule has 0 aliphatic carbocycles. The van der Waals surface area contributed by atoms with Crippen molar-refractivity contribution in [1.29, 1.82) is 0 Å². The van der Waals surface area contributed by atoms with Crippen LogP contribution in [0.4, 0.5) is 14.5 Å². The van der Waals surface area contributed by atoms with Crippen molar-refractivity contribution in [2.24, 2.45) is 0 Å². The van der Waals surface area contributed by atoms with E-state index in [4.69, 9.17) is 18.9 Å². The molecular weight excluding hydrogens is 578 g/mol. The normalized spacial score (nSPS) is 14.8. The lowest BCUT2D eigenvalue weighted by Gasteiger charge is -2.32. The predicted octanol–water partition coefficient (Wildman–Crippen LogP) is 5.47. The van der Waals surface area contributed by atoms with E-state index in [-0.39, 0.29) is 22.1 Å². The first kappa shape index (κ1) is 30.5. The molecule has 5 rings (SSSR count). The number of ether oxygens (including phenoxy) is 4. The molecule has 0 saturated carbocycles. The van der Waals surface area contributed by atoms with Crippen LogP contribution in [0.25, 0.3) is 10.9 Å². The molecule has 0 radical (unpaired) electrons. The fourth-order valence-electron chi connectivity index (χ4n) is 4.72. The fraction of sp³-hybridized carbons (Fsp3) is 0.323. The van der Waals surface area contributed by atoms with E-state index in [1.807, 2.05) is 0 Å². The monoisotopic (exact) mass is 612 g/mol. The number of likely N-dealkylation sites (N-methyl/N-ethyl adjacent to an activating group) is 1. The molecule has 43 heavy (non-hydrogen) atoms. The summed E-state index contributed by atoms with van der Waals surface area (Å²) in [5.41, 5.74) is 0.860. The van der Waals surface area contributed by atoms with Crippen LogP contribution in [0.3, 0.4) is 0 Å². The van der Waals surface area contributed by atoms with Crippen LogP contribution in [0.5, 0.6) is 28.7 Å². The quantitative estimate of drug-likeness (QED) is 0.211. The largest absolute Gasteiger partial charge is 0.494 e. The Balaban J connectivity index is 1.25. The summed E-state index contributed by atoms with van der Waals surface area (Å²) in [5.74, 6) is 0.162. The summed E-state index contributed by atoms with van der Waals surface area (Å²) >= 11 is 0. The van der Waals surface area contributed by atoms with Crippen LogP contribution in [0.15, 0.2) is 65.7 Å². The SMILES string of the molecule is COc1cc(S(=O)Nc2ccc(Oc3ccnc4cc(OCCCN5CCN(C)CC5)c(OC)cc34)c(F)c2)ccc1F. The molecule has 2 heterocycles. The predicted molar refractivity (Wildman–Crippen MR) is 162 cm³/mol. The minimum Gasteiger partial charge on any atom is -0.494 e. The Morgan fingerprint density at radius 2 is 1.65 bits per heavy atom. The first-order chi connectivity index (χ1) is 20.8. The first-order valence-electron chi connectivity index (χ1n) is 13.8. The van der Waals surface area contributed by atoms with Gasteiger partial charge in [0.2, 0.25) is 0 Å². The highest BCUT2D eigenvalue weighted by atomic mass is 32.2. The number of pyridine rings is 1. The van der Waals surface area contributed by atoms with Gasteiger partial charge < -0.3 is 33.5 Å². The number of hydrogen-bond acceptors (Lipinski definition) is 8. The van der Waals surface area contributed by atoms with Crippen molar-refractivity contribution in [3.63, 3.8) is 0 Å². The van der Waals surface area contributed by atoms with Crippen molar-refractivity contribution in [1.82, 2.24) is 14.8 Å². The van der Waals surface area contributed by atoms with Crippen molar-refractivity contribution in [3.05, 3.63) is 72.4 Å². The number of piperazine rings is 1. The van der Waals surface area contributed by atoms with Crippen LogP contribution in [0.1, 0.15) is 6.42 Å². The molecule has 228 valence electrons. The molecule has 0 amide bonds. The van der Waals surface area contributed by atoms with E-state index in [1.165, 1.54) is 37.4 Å². The number of hydrogen-bond donors (Lipinski definition) is 1. The summed E-state index contributed by atoms with van der Waals surface area (Å²) in [4.78, 5) is 9.49. The van der Waals surface area contributed by atoms with Gasteiger partial charge in [0.15, 0.2) is 34.6 Å². The maximum Gasteiger partial charge on any atom is 0.167 e. The fourth-order valence-corrected chi connectivity index (χ4v) is 5.58. The third kappa shape index (κ3) is 7.51. The Bertz CT molecular complexity index is 1600. The van der Waals surface area contributed by atoms with Crippen molar-refractivity contribution in [2.75, 3.05) is 65.3 Å². The minimum atomic E-state index is -1.78. The van der Waals surface area contributed by atoms with Crippen LogP contribution in [-0.2, 0) is 11.0 Å². The highest BCUT2D eigenvalue weighted by Gasteiger charge is 2.16. The average Bonchev–Trinajstić information content (AvgIpc) is 3.01. The van der Waals surface area contributed by atoms with Gasteiger partial charge in [0.05, 0.1) is 31.2 Å². The zero-order chi connectivity index (χ0) is 30.3. The molecule has 1 saturated heterocycles. The topological polar surface area (TPSA) is 85.4 Å². The van der Waals surface area contributed by atoms with Crippen LogP contribution < -0.4 is 23.7 Å². The number of nitrogens with one attached hydrogen (secondary N) is 1. The maximum absolute atomic E-state index is 15.1. The van der Waals surface area contributed by atoms with Gasteiger partial charge >= 0.3 is 0 Å². The molecule has 1 aliphatic rings. The summed E-state index contributed by atoms with van der Waals surface area (Å²) in [6, 6.07) is 13.2. The third-order valence-electron chi connectivity index (χ3n) is 7.16. The lowest BCUT2D eigenvalue weighted by Crippen LogP contribution is -2.44. The number of anilines is 1. The van der Waals surface area contributed by atoms with Crippen molar-refractivity contribution in [3.8, 4) is 28.7 Å². The Morgan fingerprint density at radius 1 is 0.860 bits per heavy atom. The second-order valence-electron chi connectivity index (χ2n) is 10.1. The molecule has 1 atom stereocenters. The molecule has 0 bridgehead atoms. The number of rotatable bonds is 12. The van der Waals surface area contributed by atoms with Crippen molar-refractivity contribution < 1.29 is 31.9 Å². The molecule has 1 aromatic heterocycles. The molecule has 3 aromatic carbocycles. The number of methoxy groups -OCH3 is 2. The van der Waals surface area contributed by atoms with E-state index in [1.54, 1.807) is 31.5 Å². The molecule has 4 aromatic rings. The molecular formula is C31H34F2N4O5S. The maximum atomic E-state index is 15.1. The highest BCUT2D eigenvalue weighted by molar-refractivity contribution is 7.86. The molecule has 9 nitrogen and oxygen atoms in total. The smallest absolute Gasteiger partial charge is 0.167 e. The highest BCUT2D eigenvalue weighted by Crippen LogP contribution is 2.38. The summed E-state index contributed by atoms with van der Waals surface area (Å²) in [5, 5.41) is 0.622.